The molecule has 0 radical (unpaired) electrons. The van der Waals surface area contributed by atoms with Gasteiger partial charge in [0.1, 0.15) is 0 Å². The molecular formula is C13H19BrN2. The van der Waals surface area contributed by atoms with Gasteiger partial charge in [0.05, 0.1) is 18.2 Å². The minimum absolute atomic E-state index is 0.781. The third-order valence-electron chi connectivity index (χ3n) is 3.47. The van der Waals surface area contributed by atoms with E-state index in [1.807, 2.05) is 19.6 Å². The van der Waals surface area contributed by atoms with Crippen LogP contribution in [0.1, 0.15) is 37.8 Å². The molecule has 0 spiro atoms. The summed E-state index contributed by atoms with van der Waals surface area (Å²) in [4.78, 5) is 4.16. The second-order valence-corrected chi connectivity index (χ2v) is 5.18. The first-order valence-electron chi connectivity index (χ1n) is 6.04. The topological polar surface area (TPSA) is 17.8 Å². The van der Waals surface area contributed by atoms with Gasteiger partial charge in [-0.05, 0) is 24.8 Å². The molecule has 0 aromatic carbocycles. The Bertz CT molecular complexity index is 362. The van der Waals surface area contributed by atoms with Crippen molar-refractivity contribution in [1.82, 2.24) is 9.55 Å². The number of hydrogen-bond donors (Lipinski definition) is 0. The first kappa shape index (κ1) is 11.9. The van der Waals surface area contributed by atoms with Crippen molar-refractivity contribution in [1.29, 1.82) is 0 Å². The highest BCUT2D eigenvalue weighted by molar-refractivity contribution is 9.09. The molecule has 1 aromatic rings. The van der Waals surface area contributed by atoms with E-state index in [2.05, 4.69) is 31.6 Å². The fraction of sp³-hybridized carbons (Fsp3) is 0.615. The Morgan fingerprint density at radius 1 is 1.50 bits per heavy atom. The monoisotopic (exact) mass is 282 g/mol. The lowest BCUT2D eigenvalue weighted by Crippen LogP contribution is -2.10. The molecule has 16 heavy (non-hydrogen) atoms. The lowest BCUT2D eigenvalue weighted by molar-refractivity contribution is 0.405. The molecule has 1 heterocycles. The first-order valence-corrected chi connectivity index (χ1v) is 7.16. The van der Waals surface area contributed by atoms with E-state index < -0.39 is 0 Å². The minimum atomic E-state index is 0.781. The molecule has 3 heteroatoms. The summed E-state index contributed by atoms with van der Waals surface area (Å²) in [5, 5.41) is 0.989. The first-order chi connectivity index (χ1) is 7.81. The maximum Gasteiger partial charge on any atom is 0.0948 e. The number of aromatic nitrogens is 2. The van der Waals surface area contributed by atoms with Gasteiger partial charge < -0.3 is 4.57 Å². The van der Waals surface area contributed by atoms with Crippen molar-refractivity contribution in [3.8, 4) is 0 Å². The summed E-state index contributed by atoms with van der Waals surface area (Å²) in [6.07, 6.45) is 13.0. The largest absolute Gasteiger partial charge is 0.334 e. The van der Waals surface area contributed by atoms with Crippen molar-refractivity contribution in [3.63, 3.8) is 0 Å². The third kappa shape index (κ3) is 2.76. The SMILES string of the molecule is Cn1cncc1C=C(CBr)C1CCCCC1. The zero-order chi connectivity index (χ0) is 11.4. The van der Waals surface area contributed by atoms with Gasteiger partial charge in [0.2, 0.25) is 0 Å². The molecule has 1 aliphatic carbocycles. The maximum atomic E-state index is 4.16. The van der Waals surface area contributed by atoms with Gasteiger partial charge in [-0.1, -0.05) is 40.8 Å². The molecular weight excluding hydrogens is 264 g/mol. The Morgan fingerprint density at radius 2 is 2.25 bits per heavy atom. The molecule has 0 atom stereocenters. The normalized spacial score (nSPS) is 19.0. The van der Waals surface area contributed by atoms with Crippen LogP contribution >= 0.6 is 15.9 Å². The van der Waals surface area contributed by atoms with E-state index in [-0.39, 0.29) is 0 Å². The van der Waals surface area contributed by atoms with Crippen LogP contribution in [0.25, 0.3) is 6.08 Å². The fourth-order valence-electron chi connectivity index (χ4n) is 2.44. The van der Waals surface area contributed by atoms with Crippen molar-refractivity contribution in [3.05, 3.63) is 23.8 Å². The Labute approximate surface area is 106 Å². The summed E-state index contributed by atoms with van der Waals surface area (Å²) in [7, 11) is 2.05. The van der Waals surface area contributed by atoms with E-state index in [1.165, 1.54) is 43.4 Å². The molecule has 1 aliphatic rings. The molecule has 2 nitrogen and oxygen atoms in total. The highest BCUT2D eigenvalue weighted by Gasteiger charge is 2.17. The zero-order valence-corrected chi connectivity index (χ0v) is 11.4. The van der Waals surface area contributed by atoms with Gasteiger partial charge in [-0.2, -0.15) is 0 Å². The second kappa shape index (κ2) is 5.67. The average Bonchev–Trinajstić information content (AvgIpc) is 2.73. The predicted octanol–water partition coefficient (Wildman–Crippen LogP) is 3.78. The van der Waals surface area contributed by atoms with Gasteiger partial charge in [-0.25, -0.2) is 4.98 Å². The molecule has 0 bridgehead atoms. The van der Waals surface area contributed by atoms with Crippen LogP contribution in [0.3, 0.4) is 0 Å². The molecule has 0 saturated heterocycles. The van der Waals surface area contributed by atoms with E-state index in [0.29, 0.717) is 0 Å². The van der Waals surface area contributed by atoms with E-state index in [4.69, 9.17) is 0 Å². The molecule has 0 unspecified atom stereocenters. The van der Waals surface area contributed by atoms with E-state index in [0.717, 1.165) is 11.2 Å². The molecule has 2 rings (SSSR count). The lowest BCUT2D eigenvalue weighted by Gasteiger charge is -2.23. The lowest BCUT2D eigenvalue weighted by atomic mass is 9.84. The van der Waals surface area contributed by atoms with Crippen molar-refractivity contribution in [2.45, 2.75) is 32.1 Å². The van der Waals surface area contributed by atoms with Crippen molar-refractivity contribution < 1.29 is 0 Å². The average molecular weight is 283 g/mol. The van der Waals surface area contributed by atoms with Crippen LogP contribution in [0.5, 0.6) is 0 Å². The van der Waals surface area contributed by atoms with Crippen LogP contribution < -0.4 is 0 Å². The van der Waals surface area contributed by atoms with Crippen LogP contribution in [0.2, 0.25) is 0 Å². The number of alkyl halides is 1. The van der Waals surface area contributed by atoms with E-state index in [9.17, 15) is 0 Å². The summed E-state index contributed by atoms with van der Waals surface area (Å²) >= 11 is 3.62. The van der Waals surface area contributed by atoms with Gasteiger partial charge in [0.15, 0.2) is 0 Å². The Balaban J connectivity index is 2.14. The van der Waals surface area contributed by atoms with Crippen LogP contribution in [-0.2, 0) is 7.05 Å². The maximum absolute atomic E-state index is 4.16. The number of allylic oxidation sites excluding steroid dienone is 1. The highest BCUT2D eigenvalue weighted by atomic mass is 79.9. The molecule has 1 fully saturated rings. The summed E-state index contributed by atoms with van der Waals surface area (Å²) in [6, 6.07) is 0. The van der Waals surface area contributed by atoms with Crippen molar-refractivity contribution in [2.24, 2.45) is 13.0 Å². The van der Waals surface area contributed by atoms with Gasteiger partial charge in [0.25, 0.3) is 0 Å². The minimum Gasteiger partial charge on any atom is -0.334 e. The fourth-order valence-corrected chi connectivity index (χ4v) is 3.06. The molecule has 0 amide bonds. The van der Waals surface area contributed by atoms with Crippen LogP contribution in [0, 0.1) is 5.92 Å². The van der Waals surface area contributed by atoms with Crippen LogP contribution in [0.15, 0.2) is 18.1 Å². The summed E-state index contributed by atoms with van der Waals surface area (Å²) < 4.78 is 2.07. The van der Waals surface area contributed by atoms with Gasteiger partial charge >= 0.3 is 0 Å². The summed E-state index contributed by atoms with van der Waals surface area (Å²) in [5.74, 6) is 0.781. The van der Waals surface area contributed by atoms with Gasteiger partial charge in [0, 0.05) is 12.4 Å². The highest BCUT2D eigenvalue weighted by Crippen LogP contribution is 2.31. The zero-order valence-electron chi connectivity index (χ0n) is 9.82. The number of nitrogens with zero attached hydrogens (tertiary/aromatic N) is 2. The number of halogens is 1. The van der Waals surface area contributed by atoms with Gasteiger partial charge in [-0.15, -0.1) is 0 Å². The van der Waals surface area contributed by atoms with Crippen molar-refractivity contribution >= 4 is 22.0 Å². The standard InChI is InChI=1S/C13H19BrN2/c1-16-10-15-9-13(16)7-12(8-14)11-5-3-2-4-6-11/h7,9-11H,2-6,8H2,1H3. The summed E-state index contributed by atoms with van der Waals surface area (Å²) in [6.45, 7) is 0. The third-order valence-corrected chi connectivity index (χ3v) is 4.12. The predicted molar refractivity (Wildman–Crippen MR) is 71.6 cm³/mol. The van der Waals surface area contributed by atoms with E-state index in [1.54, 1.807) is 0 Å². The van der Waals surface area contributed by atoms with Crippen LogP contribution in [-0.4, -0.2) is 14.9 Å². The number of rotatable bonds is 3. The van der Waals surface area contributed by atoms with Crippen molar-refractivity contribution in [2.75, 3.05) is 5.33 Å². The van der Waals surface area contributed by atoms with E-state index >= 15 is 0 Å². The Morgan fingerprint density at radius 3 is 2.81 bits per heavy atom. The quantitative estimate of drug-likeness (QED) is 0.772. The molecule has 1 aromatic heterocycles. The molecule has 1 saturated carbocycles. The number of aryl methyl sites for hydroxylation is 1. The number of hydrogen-bond acceptors (Lipinski definition) is 1. The van der Waals surface area contributed by atoms with Crippen LogP contribution in [0.4, 0.5) is 0 Å². The number of imidazole rings is 1. The molecule has 0 aliphatic heterocycles. The summed E-state index contributed by atoms with van der Waals surface area (Å²) in [5.41, 5.74) is 2.74. The molecule has 88 valence electrons. The van der Waals surface area contributed by atoms with Gasteiger partial charge in [-0.3, -0.25) is 0 Å². The smallest absolute Gasteiger partial charge is 0.0948 e. The molecule has 0 N–H and O–H groups in total. The Kier molecular flexibility index (Phi) is 4.22. The Hall–Kier alpha value is -0.570. The second-order valence-electron chi connectivity index (χ2n) is 4.62.